The van der Waals surface area contributed by atoms with Crippen LogP contribution in [0, 0.1) is 6.92 Å². The van der Waals surface area contributed by atoms with Crippen LogP contribution >= 0.6 is 0 Å². The lowest BCUT2D eigenvalue weighted by atomic mass is 10.1. The summed E-state index contributed by atoms with van der Waals surface area (Å²) in [4.78, 5) is 2.16. The predicted octanol–water partition coefficient (Wildman–Crippen LogP) is 8.40. The predicted molar refractivity (Wildman–Crippen MR) is 155 cm³/mol. The monoisotopic (exact) mass is 501 g/mol. The first kappa shape index (κ1) is 32.2. The molecule has 206 valence electrons. The molecule has 1 aromatic carbocycles. The van der Waals surface area contributed by atoms with E-state index in [2.05, 4.69) is 69.3 Å². The molecule has 0 unspecified atom stereocenters. The van der Waals surface area contributed by atoms with Crippen LogP contribution in [0.4, 0.5) is 0 Å². The molecule has 4 heteroatoms. The van der Waals surface area contributed by atoms with Crippen molar-refractivity contribution < 1.29 is 14.6 Å². The van der Waals surface area contributed by atoms with Gasteiger partial charge in [-0.1, -0.05) is 69.8 Å². The minimum atomic E-state index is 0.214. The smallest absolute Gasteiger partial charge is 0.126 e. The molecule has 0 amide bonds. The number of hydrogen-bond acceptors (Lipinski definition) is 4. The van der Waals surface area contributed by atoms with Crippen LogP contribution in [0.15, 0.2) is 36.4 Å². The fourth-order valence-corrected chi connectivity index (χ4v) is 4.14. The fraction of sp³-hybridized carbons (Fsp3) is 0.688. The maximum atomic E-state index is 8.99. The summed E-state index contributed by atoms with van der Waals surface area (Å²) in [6, 6.07) is 4.29. The van der Waals surface area contributed by atoms with E-state index < -0.39 is 0 Å². The number of unbranched alkanes of at least 4 members (excludes halogenated alkanes) is 10. The highest BCUT2D eigenvalue weighted by atomic mass is 16.5. The molecule has 0 saturated heterocycles. The molecule has 0 bridgehead atoms. The van der Waals surface area contributed by atoms with Gasteiger partial charge in [0.15, 0.2) is 0 Å². The van der Waals surface area contributed by atoms with Gasteiger partial charge in [-0.25, -0.2) is 0 Å². The second kappa shape index (κ2) is 22.4. The first-order valence-corrected chi connectivity index (χ1v) is 14.5. The number of allylic oxidation sites excluding steroid dienone is 4. The number of aliphatic hydroxyl groups is 1. The highest BCUT2D eigenvalue weighted by Crippen LogP contribution is 2.31. The second-order valence-corrected chi connectivity index (χ2v) is 10.2. The van der Waals surface area contributed by atoms with E-state index >= 15 is 0 Å². The molecule has 0 saturated carbocycles. The van der Waals surface area contributed by atoms with Crippen LogP contribution in [0.2, 0.25) is 0 Å². The van der Waals surface area contributed by atoms with Gasteiger partial charge in [-0.15, -0.1) is 0 Å². The summed E-state index contributed by atoms with van der Waals surface area (Å²) in [7, 11) is 4.15. The average Bonchev–Trinajstić information content (AvgIpc) is 2.85. The van der Waals surface area contributed by atoms with E-state index in [0.29, 0.717) is 6.61 Å². The molecule has 0 aliphatic rings. The molecular weight excluding hydrogens is 446 g/mol. The lowest BCUT2D eigenvalue weighted by Crippen LogP contribution is -2.12. The minimum Gasteiger partial charge on any atom is -0.493 e. The third-order valence-corrected chi connectivity index (χ3v) is 6.28. The SMILES string of the molecule is CCCCC/C=C\C/C=C\CCCCCCCCOc1cc(CN(C)C)cc(OCCCCO)c1C. The Morgan fingerprint density at radius 2 is 1.25 bits per heavy atom. The van der Waals surface area contributed by atoms with Gasteiger partial charge in [0, 0.05) is 18.7 Å². The standard InChI is InChI=1S/C32H55NO3/c1-5-6-7-8-9-10-11-12-13-14-15-16-17-18-19-21-24-35-31-26-30(28-33(3)4)27-32(29(31)2)36-25-22-20-23-34/h9-10,12-13,26-27,34H,5-8,11,14-25,28H2,1-4H3/b10-9-,13-12-. The van der Waals surface area contributed by atoms with Crippen molar-refractivity contribution in [3.05, 3.63) is 47.6 Å². The van der Waals surface area contributed by atoms with Crippen LogP contribution < -0.4 is 9.47 Å². The second-order valence-electron chi connectivity index (χ2n) is 10.2. The molecule has 4 nitrogen and oxygen atoms in total. The summed E-state index contributed by atoms with van der Waals surface area (Å²) >= 11 is 0. The van der Waals surface area contributed by atoms with Crippen LogP contribution in [-0.4, -0.2) is 43.9 Å². The zero-order chi connectivity index (χ0) is 26.3. The van der Waals surface area contributed by atoms with Crippen LogP contribution in [0.25, 0.3) is 0 Å². The molecule has 1 N–H and O–H groups in total. The molecule has 0 atom stereocenters. The molecule has 0 spiro atoms. The van der Waals surface area contributed by atoms with Crippen molar-refractivity contribution in [2.75, 3.05) is 33.9 Å². The maximum absolute atomic E-state index is 8.99. The van der Waals surface area contributed by atoms with E-state index in [0.717, 1.165) is 55.9 Å². The van der Waals surface area contributed by atoms with Crippen molar-refractivity contribution in [3.63, 3.8) is 0 Å². The Morgan fingerprint density at radius 1 is 0.722 bits per heavy atom. The summed E-state index contributed by atoms with van der Waals surface area (Å²) in [6.07, 6.45) is 26.0. The van der Waals surface area contributed by atoms with Crippen LogP contribution in [0.3, 0.4) is 0 Å². The Morgan fingerprint density at radius 3 is 1.81 bits per heavy atom. The Labute approximate surface area is 222 Å². The average molecular weight is 502 g/mol. The molecule has 0 aliphatic carbocycles. The highest BCUT2D eigenvalue weighted by Gasteiger charge is 2.11. The topological polar surface area (TPSA) is 41.9 Å². The zero-order valence-corrected chi connectivity index (χ0v) is 23.9. The molecule has 0 fully saturated rings. The Kier molecular flexibility index (Phi) is 20.1. The summed E-state index contributed by atoms with van der Waals surface area (Å²) in [5.74, 6) is 1.84. The highest BCUT2D eigenvalue weighted by molar-refractivity contribution is 5.47. The molecular formula is C32H55NO3. The van der Waals surface area contributed by atoms with Crippen molar-refractivity contribution in [2.45, 2.75) is 110 Å². The van der Waals surface area contributed by atoms with Gasteiger partial charge in [0.1, 0.15) is 11.5 Å². The number of rotatable bonds is 23. The quantitative estimate of drug-likeness (QED) is 0.121. The number of nitrogens with zero attached hydrogens (tertiary/aromatic N) is 1. The molecule has 0 aliphatic heterocycles. The van der Waals surface area contributed by atoms with E-state index in [4.69, 9.17) is 14.6 Å². The summed E-state index contributed by atoms with van der Waals surface area (Å²) in [5.41, 5.74) is 2.27. The van der Waals surface area contributed by atoms with E-state index in [1.54, 1.807) is 0 Å². The van der Waals surface area contributed by atoms with Crippen molar-refractivity contribution in [1.29, 1.82) is 0 Å². The number of ether oxygens (including phenoxy) is 2. The van der Waals surface area contributed by atoms with Gasteiger partial charge in [-0.05, 0) is 90.1 Å². The summed E-state index contributed by atoms with van der Waals surface area (Å²) in [5, 5.41) is 8.99. The number of benzene rings is 1. The molecule has 1 aromatic rings. The van der Waals surface area contributed by atoms with Gasteiger partial charge in [0.2, 0.25) is 0 Å². The van der Waals surface area contributed by atoms with E-state index in [1.807, 2.05) is 0 Å². The van der Waals surface area contributed by atoms with E-state index in [1.165, 1.54) is 69.8 Å². The fourth-order valence-electron chi connectivity index (χ4n) is 4.14. The van der Waals surface area contributed by atoms with Crippen molar-refractivity contribution >= 4 is 0 Å². The Bertz CT molecular complexity index is 712. The minimum absolute atomic E-state index is 0.214. The van der Waals surface area contributed by atoms with Gasteiger partial charge in [0.05, 0.1) is 13.2 Å². The van der Waals surface area contributed by atoms with Crippen molar-refractivity contribution in [1.82, 2.24) is 4.90 Å². The third kappa shape index (κ3) is 16.8. The Balaban J connectivity index is 2.22. The lowest BCUT2D eigenvalue weighted by Gasteiger charge is -2.18. The first-order valence-electron chi connectivity index (χ1n) is 14.5. The van der Waals surface area contributed by atoms with Gasteiger partial charge in [-0.2, -0.15) is 0 Å². The molecule has 0 radical (unpaired) electrons. The normalized spacial score (nSPS) is 11.8. The van der Waals surface area contributed by atoms with Gasteiger partial charge >= 0.3 is 0 Å². The van der Waals surface area contributed by atoms with Crippen molar-refractivity contribution in [3.8, 4) is 11.5 Å². The first-order chi connectivity index (χ1) is 17.6. The van der Waals surface area contributed by atoms with Crippen LogP contribution in [0.5, 0.6) is 11.5 Å². The summed E-state index contributed by atoms with van der Waals surface area (Å²) in [6.45, 7) is 6.78. The number of hydrogen-bond donors (Lipinski definition) is 1. The largest absolute Gasteiger partial charge is 0.493 e. The molecule has 1 rings (SSSR count). The van der Waals surface area contributed by atoms with Gasteiger partial charge in [0.25, 0.3) is 0 Å². The third-order valence-electron chi connectivity index (χ3n) is 6.28. The van der Waals surface area contributed by atoms with E-state index in [-0.39, 0.29) is 6.61 Å². The van der Waals surface area contributed by atoms with E-state index in [9.17, 15) is 0 Å². The Hall–Kier alpha value is -1.78. The zero-order valence-electron chi connectivity index (χ0n) is 23.9. The number of aliphatic hydroxyl groups excluding tert-OH is 1. The molecule has 36 heavy (non-hydrogen) atoms. The van der Waals surface area contributed by atoms with Gasteiger partial charge < -0.3 is 19.5 Å². The summed E-state index contributed by atoms with van der Waals surface area (Å²) < 4.78 is 12.2. The van der Waals surface area contributed by atoms with Crippen LogP contribution in [-0.2, 0) is 6.54 Å². The lowest BCUT2D eigenvalue weighted by molar-refractivity contribution is 0.250. The van der Waals surface area contributed by atoms with Gasteiger partial charge in [-0.3, -0.25) is 0 Å². The molecule has 0 aromatic heterocycles. The van der Waals surface area contributed by atoms with Crippen LogP contribution in [0.1, 0.15) is 108 Å². The van der Waals surface area contributed by atoms with Crippen molar-refractivity contribution in [2.24, 2.45) is 0 Å². The molecule has 0 heterocycles. The maximum Gasteiger partial charge on any atom is 0.126 e.